The number of rotatable bonds is 11. The van der Waals surface area contributed by atoms with Crippen molar-refractivity contribution >= 4 is 11.8 Å². The first-order valence-corrected chi connectivity index (χ1v) is 8.88. The molecule has 2 nitrogen and oxygen atoms in total. The van der Waals surface area contributed by atoms with Crippen LogP contribution in [0.4, 0.5) is 0 Å². The molecule has 0 aliphatic heterocycles. The van der Waals surface area contributed by atoms with Crippen molar-refractivity contribution in [3.63, 3.8) is 0 Å². The van der Waals surface area contributed by atoms with Gasteiger partial charge in [0.1, 0.15) is 0 Å². The van der Waals surface area contributed by atoms with Gasteiger partial charge in [0.25, 0.3) is 0 Å². The van der Waals surface area contributed by atoms with Crippen LogP contribution < -0.4 is 5.32 Å². The van der Waals surface area contributed by atoms with Crippen LogP contribution in [0.5, 0.6) is 0 Å². The molecule has 25 heavy (non-hydrogen) atoms. The summed E-state index contributed by atoms with van der Waals surface area (Å²) in [4.78, 5) is 3.15. The van der Waals surface area contributed by atoms with Gasteiger partial charge in [0.2, 0.25) is 0 Å². The largest absolute Gasteiger partial charge is 0.356 e. The molecule has 0 aliphatic carbocycles. The Labute approximate surface area is 158 Å². The standard InChI is InChI=1S/C22H30N2S/c1-9-13-15-22(12-4)23-20(7)18(5)17-24(16-14-10-2)21(8)25-19(6)11-3/h9-17,23H,2,4,7-8H2,1,3,5-6H3/b13-9-,16-14+,18-17+,19-11+,22-15+. The van der Waals surface area contributed by atoms with E-state index in [-0.39, 0.29) is 0 Å². The Morgan fingerprint density at radius 3 is 2.28 bits per heavy atom. The Morgan fingerprint density at radius 2 is 1.76 bits per heavy atom. The third kappa shape index (κ3) is 9.48. The molecule has 0 aliphatic rings. The van der Waals surface area contributed by atoms with Gasteiger partial charge in [0.15, 0.2) is 0 Å². The summed E-state index contributed by atoms with van der Waals surface area (Å²) in [6.07, 6.45) is 17.2. The molecule has 0 heterocycles. The SMILES string of the molecule is C=C/C=C/N(/C=C(\C)C(=C)N/C(C=C)=C/C=C\C)C(=C)S/C(C)=C/C. The van der Waals surface area contributed by atoms with Crippen LogP contribution in [0.1, 0.15) is 27.7 Å². The van der Waals surface area contributed by atoms with Gasteiger partial charge >= 0.3 is 0 Å². The zero-order valence-corrected chi connectivity index (χ0v) is 16.7. The first-order valence-electron chi connectivity index (χ1n) is 8.06. The average Bonchev–Trinajstić information content (AvgIpc) is 2.61. The lowest BCUT2D eigenvalue weighted by Gasteiger charge is -2.20. The van der Waals surface area contributed by atoms with Crippen LogP contribution in [0, 0.1) is 0 Å². The van der Waals surface area contributed by atoms with Crippen molar-refractivity contribution < 1.29 is 0 Å². The molecular weight excluding hydrogens is 324 g/mol. The monoisotopic (exact) mass is 354 g/mol. The van der Waals surface area contributed by atoms with Gasteiger partial charge < -0.3 is 10.2 Å². The molecule has 0 atom stereocenters. The van der Waals surface area contributed by atoms with E-state index in [1.165, 1.54) is 4.91 Å². The van der Waals surface area contributed by atoms with E-state index < -0.39 is 0 Å². The Bertz CT molecular complexity index is 643. The number of hydrogen-bond donors (Lipinski definition) is 1. The van der Waals surface area contributed by atoms with Crippen LogP contribution in [0.15, 0.2) is 108 Å². The Hall–Kier alpha value is -2.39. The summed E-state index contributed by atoms with van der Waals surface area (Å²) in [6.45, 7) is 23.9. The van der Waals surface area contributed by atoms with Crippen LogP contribution >= 0.6 is 11.8 Å². The molecule has 0 saturated heterocycles. The smallest absolute Gasteiger partial charge is 0.0760 e. The highest BCUT2D eigenvalue weighted by molar-refractivity contribution is 8.06. The number of hydrogen-bond acceptors (Lipinski definition) is 3. The number of nitrogens with zero attached hydrogens (tertiary/aromatic N) is 1. The molecule has 0 unspecified atom stereocenters. The van der Waals surface area contributed by atoms with Gasteiger partial charge in [-0.3, -0.25) is 0 Å². The second-order valence-electron chi connectivity index (χ2n) is 5.15. The average molecular weight is 355 g/mol. The highest BCUT2D eigenvalue weighted by Gasteiger charge is 2.06. The fraction of sp³-hybridized carbons (Fsp3) is 0.182. The Kier molecular flexibility index (Phi) is 11.7. The molecule has 0 aromatic heterocycles. The third-order valence-electron chi connectivity index (χ3n) is 3.15. The lowest BCUT2D eigenvalue weighted by atomic mass is 10.2. The summed E-state index contributed by atoms with van der Waals surface area (Å²) in [5, 5.41) is 4.16. The minimum atomic E-state index is 0.799. The van der Waals surface area contributed by atoms with Crippen LogP contribution in [-0.4, -0.2) is 4.90 Å². The quantitative estimate of drug-likeness (QED) is 0.412. The number of thioether (sulfide) groups is 1. The highest BCUT2D eigenvalue weighted by Crippen LogP contribution is 2.27. The first-order chi connectivity index (χ1) is 11.9. The molecule has 0 amide bonds. The predicted molar refractivity (Wildman–Crippen MR) is 116 cm³/mol. The van der Waals surface area contributed by atoms with Gasteiger partial charge in [0.05, 0.1) is 5.03 Å². The van der Waals surface area contributed by atoms with E-state index in [1.54, 1.807) is 23.9 Å². The minimum Gasteiger partial charge on any atom is -0.356 e. The molecule has 0 rings (SSSR count). The lowest BCUT2D eigenvalue weighted by Crippen LogP contribution is -2.14. The van der Waals surface area contributed by atoms with Crippen LogP contribution in [-0.2, 0) is 0 Å². The summed E-state index contributed by atoms with van der Waals surface area (Å²) in [5.41, 5.74) is 2.68. The maximum Gasteiger partial charge on any atom is 0.0760 e. The normalized spacial score (nSPS) is 13.2. The van der Waals surface area contributed by atoms with E-state index >= 15 is 0 Å². The van der Waals surface area contributed by atoms with Gasteiger partial charge in [-0.15, -0.1) is 0 Å². The van der Waals surface area contributed by atoms with E-state index in [0.29, 0.717) is 0 Å². The zero-order valence-electron chi connectivity index (χ0n) is 15.9. The first kappa shape index (κ1) is 22.6. The van der Waals surface area contributed by atoms with Gasteiger partial charge in [-0.2, -0.15) is 0 Å². The molecule has 0 saturated carbocycles. The molecule has 1 N–H and O–H groups in total. The second-order valence-corrected chi connectivity index (χ2v) is 6.47. The Balaban J connectivity index is 5.36. The summed E-state index contributed by atoms with van der Waals surface area (Å²) in [6, 6.07) is 0. The molecule has 0 aromatic rings. The fourth-order valence-corrected chi connectivity index (χ4v) is 2.28. The number of allylic oxidation sites excluding steroid dienone is 9. The molecule has 0 fully saturated rings. The van der Waals surface area contributed by atoms with Gasteiger partial charge in [0, 0.05) is 23.8 Å². The molecule has 0 aromatic carbocycles. The predicted octanol–water partition coefficient (Wildman–Crippen LogP) is 6.77. The van der Waals surface area contributed by atoms with E-state index in [9.17, 15) is 0 Å². The molecular formula is C22H30N2S. The second kappa shape index (κ2) is 13.0. The molecule has 3 heteroatoms. The van der Waals surface area contributed by atoms with Crippen molar-refractivity contribution in [2.45, 2.75) is 27.7 Å². The molecule has 0 bridgehead atoms. The van der Waals surface area contributed by atoms with Crippen molar-refractivity contribution in [3.05, 3.63) is 108 Å². The summed E-state index contributed by atoms with van der Waals surface area (Å²) >= 11 is 1.62. The molecule has 0 spiro atoms. The maximum absolute atomic E-state index is 4.16. The van der Waals surface area contributed by atoms with Crippen molar-refractivity contribution in [2.24, 2.45) is 0 Å². The fourth-order valence-electron chi connectivity index (χ4n) is 1.57. The van der Waals surface area contributed by atoms with E-state index in [0.717, 1.165) is 22.0 Å². The van der Waals surface area contributed by atoms with E-state index in [1.807, 2.05) is 62.4 Å². The minimum absolute atomic E-state index is 0.799. The van der Waals surface area contributed by atoms with E-state index in [4.69, 9.17) is 0 Å². The summed E-state index contributed by atoms with van der Waals surface area (Å²) < 4.78 is 0. The van der Waals surface area contributed by atoms with Crippen molar-refractivity contribution in [1.29, 1.82) is 0 Å². The summed E-state index contributed by atoms with van der Waals surface area (Å²) in [7, 11) is 0. The molecule has 0 radical (unpaired) electrons. The maximum atomic E-state index is 4.16. The van der Waals surface area contributed by atoms with Gasteiger partial charge in [-0.1, -0.05) is 62.4 Å². The van der Waals surface area contributed by atoms with Crippen molar-refractivity contribution in [2.75, 3.05) is 0 Å². The third-order valence-corrected chi connectivity index (χ3v) is 4.15. The van der Waals surface area contributed by atoms with Crippen LogP contribution in [0.25, 0.3) is 0 Å². The van der Waals surface area contributed by atoms with Gasteiger partial charge in [-0.05, 0) is 56.4 Å². The highest BCUT2D eigenvalue weighted by atomic mass is 32.2. The lowest BCUT2D eigenvalue weighted by molar-refractivity contribution is 0.671. The molecule has 134 valence electrons. The van der Waals surface area contributed by atoms with Crippen molar-refractivity contribution in [3.8, 4) is 0 Å². The van der Waals surface area contributed by atoms with Crippen LogP contribution in [0.3, 0.4) is 0 Å². The summed E-state index contributed by atoms with van der Waals surface area (Å²) in [5.74, 6) is 0. The van der Waals surface area contributed by atoms with Gasteiger partial charge in [-0.25, -0.2) is 0 Å². The van der Waals surface area contributed by atoms with E-state index in [2.05, 4.69) is 44.6 Å². The zero-order chi connectivity index (χ0) is 19.2. The number of nitrogens with one attached hydrogen (secondary N) is 1. The van der Waals surface area contributed by atoms with Crippen molar-refractivity contribution in [1.82, 2.24) is 10.2 Å². The Morgan fingerprint density at radius 1 is 1.08 bits per heavy atom. The van der Waals surface area contributed by atoms with Crippen LogP contribution in [0.2, 0.25) is 0 Å². The topological polar surface area (TPSA) is 15.3 Å².